The number of aliphatic carboxylic acids is 1. The zero-order chi connectivity index (χ0) is 26.6. The second-order valence-corrected chi connectivity index (χ2v) is 9.63. The van der Waals surface area contributed by atoms with E-state index in [-0.39, 0.29) is 24.3 Å². The van der Waals surface area contributed by atoms with E-state index in [4.69, 9.17) is 0 Å². The number of aryl methyl sites for hydroxylation is 3. The smallest absolute Gasteiger partial charge is 0.305 e. The van der Waals surface area contributed by atoms with Crippen molar-refractivity contribution in [2.75, 3.05) is 0 Å². The Kier molecular flexibility index (Phi) is 8.40. The molecule has 3 rings (SSSR count). The molecule has 0 radical (unpaired) electrons. The lowest BCUT2D eigenvalue weighted by molar-refractivity contribution is -0.138. The van der Waals surface area contributed by atoms with Gasteiger partial charge in [-0.1, -0.05) is 32.0 Å². The minimum absolute atomic E-state index is 0.0176. The third kappa shape index (κ3) is 6.24. The van der Waals surface area contributed by atoms with E-state index in [0.29, 0.717) is 5.56 Å². The molecule has 2 atom stereocenters. The molecule has 1 amide bonds. The van der Waals surface area contributed by atoms with Crippen LogP contribution in [0, 0.1) is 32.5 Å². The highest BCUT2D eigenvalue weighted by atomic mass is 19.1. The summed E-state index contributed by atoms with van der Waals surface area (Å²) in [4.78, 5) is 42.1. The number of hydrogen-bond donors (Lipinski definition) is 2. The van der Waals surface area contributed by atoms with E-state index >= 15 is 0 Å². The first-order valence-electron chi connectivity index (χ1n) is 11.9. The summed E-state index contributed by atoms with van der Waals surface area (Å²) in [6.45, 7) is 9.24. The molecule has 0 aliphatic rings. The lowest BCUT2D eigenvalue weighted by atomic mass is 9.94. The van der Waals surface area contributed by atoms with Crippen LogP contribution in [0.1, 0.15) is 61.0 Å². The summed E-state index contributed by atoms with van der Waals surface area (Å²) in [6, 6.07) is 7.02. The van der Waals surface area contributed by atoms with Crippen LogP contribution in [0.4, 0.5) is 4.39 Å². The van der Waals surface area contributed by atoms with Crippen LogP contribution in [0.2, 0.25) is 0 Å². The molecule has 0 saturated carbocycles. The van der Waals surface area contributed by atoms with Crippen molar-refractivity contribution in [3.8, 4) is 11.1 Å². The van der Waals surface area contributed by atoms with Gasteiger partial charge in [0.05, 0.1) is 12.5 Å². The normalized spacial score (nSPS) is 12.9. The quantitative estimate of drug-likeness (QED) is 0.442. The van der Waals surface area contributed by atoms with Crippen molar-refractivity contribution in [2.24, 2.45) is 5.92 Å². The number of amides is 1. The van der Waals surface area contributed by atoms with Crippen molar-refractivity contribution < 1.29 is 19.1 Å². The van der Waals surface area contributed by atoms with Crippen LogP contribution in [0.15, 0.2) is 53.7 Å². The molecule has 8 heteroatoms. The van der Waals surface area contributed by atoms with Gasteiger partial charge in [-0.25, -0.2) is 4.39 Å². The van der Waals surface area contributed by atoms with Gasteiger partial charge < -0.3 is 15.0 Å². The molecule has 3 aromatic rings. The summed E-state index contributed by atoms with van der Waals surface area (Å²) in [5.41, 5.74) is 4.11. The number of nitrogens with zero attached hydrogens (tertiary/aromatic N) is 2. The van der Waals surface area contributed by atoms with Crippen LogP contribution in [-0.2, 0) is 9.59 Å². The van der Waals surface area contributed by atoms with Crippen molar-refractivity contribution in [3.05, 3.63) is 87.3 Å². The highest BCUT2D eigenvalue weighted by Gasteiger charge is 2.27. The van der Waals surface area contributed by atoms with Gasteiger partial charge in [-0.15, -0.1) is 0 Å². The molecular formula is C28H32FN3O4. The average Bonchev–Trinajstić information content (AvgIpc) is 2.79. The molecule has 0 aliphatic heterocycles. The molecule has 190 valence electrons. The fourth-order valence-corrected chi connectivity index (χ4v) is 4.40. The summed E-state index contributed by atoms with van der Waals surface area (Å²) < 4.78 is 15.4. The maximum absolute atomic E-state index is 14.3. The summed E-state index contributed by atoms with van der Waals surface area (Å²) in [5, 5.41) is 12.4. The van der Waals surface area contributed by atoms with E-state index in [0.717, 1.165) is 39.1 Å². The van der Waals surface area contributed by atoms with Gasteiger partial charge in [-0.3, -0.25) is 19.4 Å². The van der Waals surface area contributed by atoms with Gasteiger partial charge in [0.15, 0.2) is 0 Å². The van der Waals surface area contributed by atoms with Gasteiger partial charge in [0.1, 0.15) is 11.9 Å². The second-order valence-electron chi connectivity index (χ2n) is 9.63. The van der Waals surface area contributed by atoms with Crippen LogP contribution in [0.25, 0.3) is 11.1 Å². The first-order chi connectivity index (χ1) is 17.0. The molecule has 0 saturated heterocycles. The highest BCUT2D eigenvalue weighted by molar-refractivity contribution is 5.82. The number of benzene rings is 1. The number of carbonyl (C=O) groups excluding carboxylic acids is 1. The zero-order valence-electron chi connectivity index (χ0n) is 21.2. The van der Waals surface area contributed by atoms with Gasteiger partial charge in [-0.05, 0) is 67.0 Å². The molecular weight excluding hydrogens is 461 g/mol. The fourth-order valence-electron chi connectivity index (χ4n) is 4.40. The van der Waals surface area contributed by atoms with E-state index in [2.05, 4.69) is 10.3 Å². The zero-order valence-corrected chi connectivity index (χ0v) is 21.2. The Morgan fingerprint density at radius 3 is 2.36 bits per heavy atom. The largest absolute Gasteiger partial charge is 0.481 e. The topological polar surface area (TPSA) is 101 Å². The SMILES string of the molecule is Cc1cc(=O)n([C@@H](CC(C)C)C(=O)N[C@@H](CC(=O)O)c2cncc(-c3c(C)cccc3C)c2)cc1F. The fraction of sp³-hybridized carbons (Fsp3) is 0.357. The highest BCUT2D eigenvalue weighted by Crippen LogP contribution is 2.29. The van der Waals surface area contributed by atoms with E-state index in [9.17, 15) is 23.9 Å². The Balaban J connectivity index is 2.00. The summed E-state index contributed by atoms with van der Waals surface area (Å²) >= 11 is 0. The monoisotopic (exact) mass is 493 g/mol. The minimum Gasteiger partial charge on any atom is -0.481 e. The molecule has 0 bridgehead atoms. The van der Waals surface area contributed by atoms with Crippen LogP contribution in [0.5, 0.6) is 0 Å². The predicted molar refractivity (Wildman–Crippen MR) is 136 cm³/mol. The molecule has 7 nitrogen and oxygen atoms in total. The molecule has 36 heavy (non-hydrogen) atoms. The summed E-state index contributed by atoms with van der Waals surface area (Å²) in [7, 11) is 0. The van der Waals surface area contributed by atoms with Crippen molar-refractivity contribution in [1.29, 1.82) is 0 Å². The Morgan fingerprint density at radius 2 is 1.75 bits per heavy atom. The van der Waals surface area contributed by atoms with Crippen molar-refractivity contribution >= 4 is 11.9 Å². The molecule has 0 aliphatic carbocycles. The van der Waals surface area contributed by atoms with E-state index in [1.807, 2.05) is 52.0 Å². The maximum Gasteiger partial charge on any atom is 0.305 e. The molecule has 2 aromatic heterocycles. The number of hydrogen-bond acceptors (Lipinski definition) is 4. The number of pyridine rings is 2. The van der Waals surface area contributed by atoms with Crippen LogP contribution in [-0.4, -0.2) is 26.5 Å². The van der Waals surface area contributed by atoms with Gasteiger partial charge >= 0.3 is 5.97 Å². The second kappa shape index (κ2) is 11.3. The average molecular weight is 494 g/mol. The van der Waals surface area contributed by atoms with Gasteiger partial charge in [-0.2, -0.15) is 0 Å². The third-order valence-corrected chi connectivity index (χ3v) is 6.18. The van der Waals surface area contributed by atoms with E-state index in [1.54, 1.807) is 6.20 Å². The number of nitrogens with one attached hydrogen (secondary N) is 1. The maximum atomic E-state index is 14.3. The van der Waals surface area contributed by atoms with Crippen molar-refractivity contribution in [2.45, 2.75) is 59.5 Å². The first kappa shape index (κ1) is 26.8. The number of carboxylic acids is 1. The van der Waals surface area contributed by atoms with Crippen LogP contribution in [0.3, 0.4) is 0 Å². The Morgan fingerprint density at radius 1 is 1.08 bits per heavy atom. The van der Waals surface area contributed by atoms with Crippen molar-refractivity contribution in [3.63, 3.8) is 0 Å². The van der Waals surface area contributed by atoms with Crippen LogP contribution < -0.4 is 10.9 Å². The Hall–Kier alpha value is -3.81. The predicted octanol–water partition coefficient (Wildman–Crippen LogP) is 4.89. The van der Waals surface area contributed by atoms with Gasteiger partial charge in [0, 0.05) is 30.2 Å². The van der Waals surface area contributed by atoms with Gasteiger partial charge in [0.25, 0.3) is 5.56 Å². The first-order valence-corrected chi connectivity index (χ1v) is 11.9. The summed E-state index contributed by atoms with van der Waals surface area (Å²) in [6.07, 6.45) is 4.17. The standard InChI is InChI=1S/C28H32FN3O4/c1-16(2)9-24(32-15-22(29)19(5)10-25(32)33)28(36)31-23(12-26(34)35)20-11-21(14-30-13-20)27-17(3)7-6-8-18(27)4/h6-8,10-11,13-16,23-24H,9,12H2,1-5H3,(H,31,36)(H,34,35)/t23-,24-/m0/s1. The third-order valence-electron chi connectivity index (χ3n) is 6.18. The molecule has 2 heterocycles. The number of aromatic nitrogens is 2. The number of carbonyl (C=O) groups is 2. The van der Waals surface area contributed by atoms with Crippen molar-refractivity contribution in [1.82, 2.24) is 14.9 Å². The molecule has 0 unspecified atom stereocenters. The molecule has 0 fully saturated rings. The Labute approximate surface area is 210 Å². The van der Waals surface area contributed by atoms with E-state index in [1.165, 1.54) is 13.1 Å². The number of carboxylic acid groups (broad SMARTS) is 1. The van der Waals surface area contributed by atoms with Crippen LogP contribution >= 0.6 is 0 Å². The Bertz CT molecular complexity index is 1310. The number of rotatable bonds is 9. The number of halogens is 1. The molecule has 0 spiro atoms. The lowest BCUT2D eigenvalue weighted by Gasteiger charge is -2.25. The minimum atomic E-state index is -1.10. The lowest BCUT2D eigenvalue weighted by Crippen LogP contribution is -2.40. The molecule has 1 aromatic carbocycles. The van der Waals surface area contributed by atoms with E-state index < -0.39 is 35.3 Å². The molecule has 2 N–H and O–H groups in total. The summed E-state index contributed by atoms with van der Waals surface area (Å²) in [5.74, 6) is -2.23. The van der Waals surface area contributed by atoms with Gasteiger partial charge in [0.2, 0.25) is 5.91 Å².